The minimum atomic E-state index is -0.152. The third-order valence-electron chi connectivity index (χ3n) is 5.40. The van der Waals surface area contributed by atoms with Crippen LogP contribution in [0.4, 0.5) is 0 Å². The molecule has 2 heterocycles. The molecule has 0 bridgehead atoms. The van der Waals surface area contributed by atoms with Crippen LogP contribution in [0.3, 0.4) is 0 Å². The average Bonchev–Trinajstić information content (AvgIpc) is 3.11. The fourth-order valence-corrected chi connectivity index (χ4v) is 4.25. The molecule has 2 aliphatic rings. The maximum atomic E-state index is 10.4. The van der Waals surface area contributed by atoms with Gasteiger partial charge in [0.05, 0.1) is 17.3 Å². The van der Waals surface area contributed by atoms with E-state index in [2.05, 4.69) is 29.2 Å². The fourth-order valence-electron chi connectivity index (χ4n) is 4.25. The van der Waals surface area contributed by atoms with Crippen molar-refractivity contribution in [1.29, 1.82) is 0 Å². The Balaban J connectivity index is 1.62. The highest BCUT2D eigenvalue weighted by Gasteiger charge is 2.49. The molecule has 2 aromatic rings. The van der Waals surface area contributed by atoms with Crippen LogP contribution < -0.4 is 0 Å². The fraction of sp³-hybridized carbons (Fsp3) is 0.500. The monoisotopic (exact) mass is 282 g/mol. The lowest BCUT2D eigenvalue weighted by molar-refractivity contribution is 0.0272. The minimum absolute atomic E-state index is 0.0350. The number of rotatable bonds is 2. The Labute approximate surface area is 125 Å². The largest absolute Gasteiger partial charge is 0.391 e. The topological polar surface area (TPSA) is 36.4 Å². The second-order valence-corrected chi connectivity index (χ2v) is 6.53. The van der Waals surface area contributed by atoms with Crippen molar-refractivity contribution in [2.45, 2.75) is 50.3 Å². The van der Waals surface area contributed by atoms with Crippen LogP contribution in [0.5, 0.6) is 0 Å². The van der Waals surface area contributed by atoms with Gasteiger partial charge in [0.15, 0.2) is 0 Å². The van der Waals surface area contributed by atoms with Crippen LogP contribution >= 0.6 is 0 Å². The summed E-state index contributed by atoms with van der Waals surface area (Å²) in [5.41, 5.74) is 2.22. The molecule has 4 rings (SSSR count). The molecule has 1 aromatic carbocycles. The summed E-state index contributed by atoms with van der Waals surface area (Å²) in [6.07, 6.45) is 5.54. The molecule has 1 atom stereocenters. The van der Waals surface area contributed by atoms with Crippen LogP contribution in [0.25, 0.3) is 10.9 Å². The lowest BCUT2D eigenvalue weighted by Crippen LogP contribution is -2.47. The molecule has 1 N–H and O–H groups in total. The van der Waals surface area contributed by atoms with Gasteiger partial charge >= 0.3 is 0 Å². The number of fused-ring (bicyclic) bond motifs is 1. The van der Waals surface area contributed by atoms with E-state index in [0.717, 1.165) is 43.6 Å². The number of para-hydroxylation sites is 1. The van der Waals surface area contributed by atoms with Gasteiger partial charge in [0.1, 0.15) is 0 Å². The van der Waals surface area contributed by atoms with Crippen LogP contribution in [0.2, 0.25) is 0 Å². The maximum absolute atomic E-state index is 10.4. The van der Waals surface area contributed by atoms with Crippen molar-refractivity contribution in [1.82, 2.24) is 9.88 Å². The molecule has 1 aliphatic heterocycles. The zero-order valence-corrected chi connectivity index (χ0v) is 12.3. The molecule has 1 aliphatic carbocycles. The Kier molecular flexibility index (Phi) is 3.20. The minimum Gasteiger partial charge on any atom is -0.391 e. The molecular weight excluding hydrogens is 260 g/mol. The molecule has 0 radical (unpaired) electrons. The average molecular weight is 282 g/mol. The standard InChI is InChI=1S/C18H22N2O/c21-17-9-12-20(18(17)10-3-4-11-18)13-15-8-7-14-5-1-2-6-16(14)19-15/h1-2,5-8,17,21H,3-4,9-13H2. The van der Waals surface area contributed by atoms with E-state index in [1.165, 1.54) is 18.2 Å². The molecule has 1 saturated carbocycles. The molecule has 1 unspecified atom stereocenters. The van der Waals surface area contributed by atoms with E-state index in [0.29, 0.717) is 0 Å². The predicted octanol–water partition coefficient (Wildman–Crippen LogP) is 3.11. The summed E-state index contributed by atoms with van der Waals surface area (Å²) >= 11 is 0. The molecule has 1 saturated heterocycles. The van der Waals surface area contributed by atoms with Gasteiger partial charge in [0.25, 0.3) is 0 Å². The Morgan fingerprint density at radius 1 is 1.14 bits per heavy atom. The number of aliphatic hydroxyl groups is 1. The molecule has 2 fully saturated rings. The molecule has 110 valence electrons. The number of likely N-dealkylation sites (tertiary alicyclic amines) is 1. The zero-order chi connectivity index (χ0) is 14.3. The van der Waals surface area contributed by atoms with E-state index >= 15 is 0 Å². The number of hydrogen-bond donors (Lipinski definition) is 1. The Morgan fingerprint density at radius 3 is 2.81 bits per heavy atom. The third kappa shape index (κ3) is 2.16. The maximum Gasteiger partial charge on any atom is 0.0736 e. The van der Waals surface area contributed by atoms with Gasteiger partial charge in [-0.1, -0.05) is 37.1 Å². The highest BCUT2D eigenvalue weighted by atomic mass is 16.3. The van der Waals surface area contributed by atoms with E-state index in [1.54, 1.807) is 0 Å². The van der Waals surface area contributed by atoms with Crippen LogP contribution in [-0.4, -0.2) is 33.2 Å². The molecule has 1 spiro atoms. The summed E-state index contributed by atoms with van der Waals surface area (Å²) in [7, 11) is 0. The summed E-state index contributed by atoms with van der Waals surface area (Å²) in [6.45, 7) is 1.86. The number of pyridine rings is 1. The Bertz CT molecular complexity index is 648. The van der Waals surface area contributed by atoms with Gasteiger partial charge in [-0.05, 0) is 31.4 Å². The van der Waals surface area contributed by atoms with Gasteiger partial charge < -0.3 is 5.11 Å². The molecule has 3 heteroatoms. The van der Waals surface area contributed by atoms with Crippen LogP contribution in [0.15, 0.2) is 36.4 Å². The lowest BCUT2D eigenvalue weighted by Gasteiger charge is -2.37. The lowest BCUT2D eigenvalue weighted by atomic mass is 9.91. The second-order valence-electron chi connectivity index (χ2n) is 6.53. The molecule has 0 amide bonds. The number of nitrogens with zero attached hydrogens (tertiary/aromatic N) is 2. The smallest absolute Gasteiger partial charge is 0.0736 e. The predicted molar refractivity (Wildman–Crippen MR) is 84.0 cm³/mol. The summed E-state index contributed by atoms with van der Waals surface area (Å²) < 4.78 is 0. The zero-order valence-electron chi connectivity index (χ0n) is 12.3. The van der Waals surface area contributed by atoms with Crippen molar-refractivity contribution in [3.8, 4) is 0 Å². The summed E-state index contributed by atoms with van der Waals surface area (Å²) in [5, 5.41) is 11.6. The normalized spacial score (nSPS) is 25.1. The first-order valence-corrected chi connectivity index (χ1v) is 8.06. The highest BCUT2D eigenvalue weighted by molar-refractivity contribution is 5.78. The number of benzene rings is 1. The van der Waals surface area contributed by atoms with Gasteiger partial charge in [-0.15, -0.1) is 0 Å². The van der Waals surface area contributed by atoms with E-state index in [-0.39, 0.29) is 11.6 Å². The van der Waals surface area contributed by atoms with Crippen molar-refractivity contribution in [2.75, 3.05) is 6.54 Å². The van der Waals surface area contributed by atoms with Crippen molar-refractivity contribution < 1.29 is 5.11 Å². The Hall–Kier alpha value is -1.45. The van der Waals surface area contributed by atoms with Crippen molar-refractivity contribution in [2.24, 2.45) is 0 Å². The van der Waals surface area contributed by atoms with Gasteiger partial charge in [-0.25, -0.2) is 0 Å². The summed E-state index contributed by atoms with van der Waals surface area (Å²) in [4.78, 5) is 7.28. The van der Waals surface area contributed by atoms with Crippen LogP contribution in [0.1, 0.15) is 37.8 Å². The van der Waals surface area contributed by atoms with Gasteiger partial charge in [-0.3, -0.25) is 9.88 Å². The first-order valence-electron chi connectivity index (χ1n) is 8.06. The summed E-state index contributed by atoms with van der Waals surface area (Å²) in [5.74, 6) is 0. The highest BCUT2D eigenvalue weighted by Crippen LogP contribution is 2.43. The van der Waals surface area contributed by atoms with E-state index < -0.39 is 0 Å². The molecular formula is C18H22N2O. The first kappa shape index (κ1) is 13.2. The van der Waals surface area contributed by atoms with Gasteiger partial charge in [0, 0.05) is 24.0 Å². The number of aliphatic hydroxyl groups excluding tert-OH is 1. The van der Waals surface area contributed by atoms with Crippen LogP contribution in [-0.2, 0) is 6.54 Å². The van der Waals surface area contributed by atoms with Crippen molar-refractivity contribution in [3.05, 3.63) is 42.1 Å². The van der Waals surface area contributed by atoms with Crippen molar-refractivity contribution >= 4 is 10.9 Å². The Morgan fingerprint density at radius 2 is 1.95 bits per heavy atom. The van der Waals surface area contributed by atoms with Crippen LogP contribution in [0, 0.1) is 0 Å². The SMILES string of the molecule is OC1CCN(Cc2ccc3ccccc3n2)C12CCCC2. The quantitative estimate of drug-likeness (QED) is 0.919. The number of hydrogen-bond acceptors (Lipinski definition) is 3. The van der Waals surface area contributed by atoms with Crippen molar-refractivity contribution in [3.63, 3.8) is 0 Å². The second kappa shape index (κ2) is 5.08. The third-order valence-corrected chi connectivity index (χ3v) is 5.40. The number of aromatic nitrogens is 1. The van der Waals surface area contributed by atoms with E-state index in [1.807, 2.05) is 12.1 Å². The molecule has 1 aromatic heterocycles. The molecule has 21 heavy (non-hydrogen) atoms. The first-order chi connectivity index (χ1) is 10.3. The summed E-state index contributed by atoms with van der Waals surface area (Å²) in [6, 6.07) is 12.6. The van der Waals surface area contributed by atoms with E-state index in [9.17, 15) is 5.11 Å². The van der Waals surface area contributed by atoms with Gasteiger partial charge in [-0.2, -0.15) is 0 Å². The molecule has 3 nitrogen and oxygen atoms in total. The van der Waals surface area contributed by atoms with E-state index in [4.69, 9.17) is 4.98 Å². The van der Waals surface area contributed by atoms with Gasteiger partial charge in [0.2, 0.25) is 0 Å².